The van der Waals surface area contributed by atoms with Crippen molar-refractivity contribution in [1.82, 2.24) is 0 Å². The largest absolute Gasteiger partial charge is 0.508 e. The third-order valence-corrected chi connectivity index (χ3v) is 4.55. The SMILES string of the molecule is Cc1cc(O)c(C(C)(C)C)cc1-c1ccc(-c2ccc(O)cc2)cc1. The molecule has 0 aliphatic carbocycles. The van der Waals surface area contributed by atoms with Gasteiger partial charge in [-0.25, -0.2) is 0 Å². The summed E-state index contributed by atoms with van der Waals surface area (Å²) >= 11 is 0. The molecular weight excluding hydrogens is 308 g/mol. The molecule has 0 aliphatic rings. The Kier molecular flexibility index (Phi) is 4.30. The molecule has 0 heterocycles. The van der Waals surface area contributed by atoms with Gasteiger partial charge >= 0.3 is 0 Å². The van der Waals surface area contributed by atoms with Gasteiger partial charge in [0.25, 0.3) is 0 Å². The first-order chi connectivity index (χ1) is 11.8. The Morgan fingerprint density at radius 3 is 1.68 bits per heavy atom. The standard InChI is InChI=1S/C23H24O2/c1-15-13-22(25)21(23(2,3)4)14-20(15)18-7-5-16(6-8-18)17-9-11-19(24)12-10-17/h5-14,24-25H,1-4H3. The van der Waals surface area contributed by atoms with Gasteiger partial charge in [-0.15, -0.1) is 0 Å². The highest BCUT2D eigenvalue weighted by molar-refractivity contribution is 5.74. The summed E-state index contributed by atoms with van der Waals surface area (Å²) in [5, 5.41) is 19.7. The first-order valence-corrected chi connectivity index (χ1v) is 8.49. The van der Waals surface area contributed by atoms with E-state index in [-0.39, 0.29) is 11.2 Å². The van der Waals surface area contributed by atoms with Gasteiger partial charge in [0, 0.05) is 0 Å². The number of phenols is 2. The van der Waals surface area contributed by atoms with Gasteiger partial charge in [-0.2, -0.15) is 0 Å². The molecule has 0 saturated carbocycles. The van der Waals surface area contributed by atoms with Gasteiger partial charge < -0.3 is 10.2 Å². The van der Waals surface area contributed by atoms with Gasteiger partial charge in [-0.3, -0.25) is 0 Å². The van der Waals surface area contributed by atoms with Crippen molar-refractivity contribution in [3.8, 4) is 33.8 Å². The van der Waals surface area contributed by atoms with Crippen LogP contribution in [0.3, 0.4) is 0 Å². The van der Waals surface area contributed by atoms with Crippen molar-refractivity contribution in [2.45, 2.75) is 33.1 Å². The van der Waals surface area contributed by atoms with Crippen molar-refractivity contribution < 1.29 is 10.2 Å². The second-order valence-corrected chi connectivity index (χ2v) is 7.56. The van der Waals surface area contributed by atoms with Gasteiger partial charge in [0.2, 0.25) is 0 Å². The first kappa shape index (κ1) is 17.1. The number of aromatic hydroxyl groups is 2. The molecule has 2 nitrogen and oxygen atoms in total. The zero-order chi connectivity index (χ0) is 18.2. The predicted molar refractivity (Wildman–Crippen MR) is 104 cm³/mol. The van der Waals surface area contributed by atoms with Crippen LogP contribution < -0.4 is 0 Å². The van der Waals surface area contributed by atoms with Crippen molar-refractivity contribution in [3.63, 3.8) is 0 Å². The van der Waals surface area contributed by atoms with Gasteiger partial charge in [-0.1, -0.05) is 57.2 Å². The molecular formula is C23H24O2. The summed E-state index contributed by atoms with van der Waals surface area (Å²) < 4.78 is 0. The van der Waals surface area contributed by atoms with Gasteiger partial charge in [0.05, 0.1) is 0 Å². The van der Waals surface area contributed by atoms with Crippen LogP contribution >= 0.6 is 0 Å². The minimum absolute atomic E-state index is 0.113. The minimum Gasteiger partial charge on any atom is -0.508 e. The second kappa shape index (κ2) is 6.29. The van der Waals surface area contributed by atoms with Crippen molar-refractivity contribution in [3.05, 3.63) is 71.8 Å². The highest BCUT2D eigenvalue weighted by Crippen LogP contribution is 2.37. The lowest BCUT2D eigenvalue weighted by atomic mass is 9.83. The fourth-order valence-corrected chi connectivity index (χ4v) is 3.10. The van der Waals surface area contributed by atoms with E-state index in [1.165, 1.54) is 0 Å². The molecule has 0 spiro atoms. The van der Waals surface area contributed by atoms with E-state index in [1.54, 1.807) is 12.1 Å². The average molecular weight is 332 g/mol. The van der Waals surface area contributed by atoms with E-state index < -0.39 is 0 Å². The minimum atomic E-state index is -0.113. The lowest BCUT2D eigenvalue weighted by Crippen LogP contribution is -2.11. The molecule has 0 bridgehead atoms. The number of hydrogen-bond donors (Lipinski definition) is 2. The first-order valence-electron chi connectivity index (χ1n) is 8.49. The Balaban J connectivity index is 2.01. The topological polar surface area (TPSA) is 40.5 Å². The van der Waals surface area contributed by atoms with Crippen LogP contribution in [0.2, 0.25) is 0 Å². The van der Waals surface area contributed by atoms with Crippen LogP contribution in [-0.2, 0) is 5.41 Å². The fourth-order valence-electron chi connectivity index (χ4n) is 3.10. The lowest BCUT2D eigenvalue weighted by Gasteiger charge is -2.22. The average Bonchev–Trinajstić information content (AvgIpc) is 2.55. The van der Waals surface area contributed by atoms with E-state index in [0.717, 1.165) is 33.4 Å². The van der Waals surface area contributed by atoms with E-state index in [0.29, 0.717) is 5.75 Å². The van der Waals surface area contributed by atoms with E-state index in [2.05, 4.69) is 51.1 Å². The van der Waals surface area contributed by atoms with Gasteiger partial charge in [0.15, 0.2) is 0 Å². The van der Waals surface area contributed by atoms with E-state index in [1.807, 2.05) is 25.1 Å². The molecule has 3 rings (SSSR count). The quantitative estimate of drug-likeness (QED) is 0.601. The molecule has 3 aromatic carbocycles. The monoisotopic (exact) mass is 332 g/mol. The molecule has 0 radical (unpaired) electrons. The normalized spacial score (nSPS) is 11.5. The molecule has 3 aromatic rings. The number of aryl methyl sites for hydroxylation is 1. The fraction of sp³-hybridized carbons (Fsp3) is 0.217. The molecule has 0 saturated heterocycles. The summed E-state index contributed by atoms with van der Waals surface area (Å²) in [6, 6.07) is 19.6. The highest BCUT2D eigenvalue weighted by atomic mass is 16.3. The molecule has 2 N–H and O–H groups in total. The molecule has 25 heavy (non-hydrogen) atoms. The maximum atomic E-state index is 10.3. The molecule has 0 fully saturated rings. The summed E-state index contributed by atoms with van der Waals surface area (Å²) in [5.74, 6) is 0.629. The number of rotatable bonds is 2. The molecule has 0 unspecified atom stereocenters. The van der Waals surface area contributed by atoms with Crippen LogP contribution in [-0.4, -0.2) is 10.2 Å². The van der Waals surface area contributed by atoms with Crippen LogP contribution in [0.15, 0.2) is 60.7 Å². The van der Waals surface area contributed by atoms with E-state index in [9.17, 15) is 10.2 Å². The zero-order valence-electron chi connectivity index (χ0n) is 15.2. The van der Waals surface area contributed by atoms with Crippen LogP contribution in [0.5, 0.6) is 11.5 Å². The smallest absolute Gasteiger partial charge is 0.119 e. The Morgan fingerprint density at radius 2 is 1.16 bits per heavy atom. The van der Waals surface area contributed by atoms with Crippen molar-refractivity contribution in [1.29, 1.82) is 0 Å². The van der Waals surface area contributed by atoms with E-state index >= 15 is 0 Å². The molecule has 0 aliphatic heterocycles. The summed E-state index contributed by atoms with van der Waals surface area (Å²) in [4.78, 5) is 0. The molecule has 0 aromatic heterocycles. The second-order valence-electron chi connectivity index (χ2n) is 7.56. The maximum Gasteiger partial charge on any atom is 0.119 e. The summed E-state index contributed by atoms with van der Waals surface area (Å²) in [6.07, 6.45) is 0. The Morgan fingerprint density at radius 1 is 0.680 bits per heavy atom. The lowest BCUT2D eigenvalue weighted by molar-refractivity contribution is 0.446. The van der Waals surface area contributed by atoms with Gasteiger partial charge in [-0.05, 0) is 70.0 Å². The van der Waals surface area contributed by atoms with Gasteiger partial charge in [0.1, 0.15) is 11.5 Å². The molecule has 0 amide bonds. The Labute approximate surface area is 149 Å². The molecule has 128 valence electrons. The summed E-state index contributed by atoms with van der Waals surface area (Å²) in [7, 11) is 0. The zero-order valence-corrected chi connectivity index (χ0v) is 15.2. The van der Waals surface area contributed by atoms with Crippen molar-refractivity contribution in [2.75, 3.05) is 0 Å². The number of phenolic OH excluding ortho intramolecular Hbond substituents is 2. The third kappa shape index (κ3) is 3.53. The Bertz CT molecular complexity index is 883. The summed E-state index contributed by atoms with van der Waals surface area (Å²) in [5.41, 5.74) is 6.35. The van der Waals surface area contributed by atoms with Crippen LogP contribution in [0.25, 0.3) is 22.3 Å². The van der Waals surface area contributed by atoms with Crippen LogP contribution in [0, 0.1) is 6.92 Å². The van der Waals surface area contributed by atoms with Crippen molar-refractivity contribution in [2.24, 2.45) is 0 Å². The highest BCUT2D eigenvalue weighted by Gasteiger charge is 2.20. The van der Waals surface area contributed by atoms with Crippen molar-refractivity contribution >= 4 is 0 Å². The Hall–Kier alpha value is -2.74. The summed E-state index contributed by atoms with van der Waals surface area (Å²) in [6.45, 7) is 8.34. The molecule has 0 atom stereocenters. The van der Waals surface area contributed by atoms with Crippen LogP contribution in [0.4, 0.5) is 0 Å². The maximum absolute atomic E-state index is 10.3. The molecule has 2 heteroatoms. The number of hydrogen-bond acceptors (Lipinski definition) is 2. The van der Waals surface area contributed by atoms with Crippen LogP contribution in [0.1, 0.15) is 31.9 Å². The predicted octanol–water partition coefficient (Wildman–Crippen LogP) is 6.04. The third-order valence-electron chi connectivity index (χ3n) is 4.55. The number of benzene rings is 3. The van der Waals surface area contributed by atoms with E-state index in [4.69, 9.17) is 0 Å².